The molecule has 5 nitrogen and oxygen atoms in total. The third kappa shape index (κ3) is 5.92. The lowest BCUT2D eigenvalue weighted by Crippen LogP contribution is -2.44. The van der Waals surface area contributed by atoms with Gasteiger partial charge < -0.3 is 15.4 Å². The van der Waals surface area contributed by atoms with Gasteiger partial charge in [-0.1, -0.05) is 0 Å². The Bertz CT molecular complexity index is 418. The Balaban J connectivity index is 0.00000200. The zero-order valence-electron chi connectivity index (χ0n) is 11.9. The number of aliphatic imine (C=N–C) groups is 1. The number of ether oxygens (including phenoxy) is 1. The van der Waals surface area contributed by atoms with Gasteiger partial charge in [0.25, 0.3) is 0 Å². The van der Waals surface area contributed by atoms with Gasteiger partial charge in [-0.15, -0.1) is 35.3 Å². The van der Waals surface area contributed by atoms with Crippen LogP contribution in [0.4, 0.5) is 0 Å². The zero-order chi connectivity index (χ0) is 13.5. The molecule has 0 atom stereocenters. The van der Waals surface area contributed by atoms with Gasteiger partial charge >= 0.3 is 0 Å². The van der Waals surface area contributed by atoms with Gasteiger partial charge in [0.15, 0.2) is 5.96 Å². The highest BCUT2D eigenvalue weighted by Crippen LogP contribution is 2.11. The van der Waals surface area contributed by atoms with Crippen LogP contribution in [0.15, 0.2) is 10.4 Å². The van der Waals surface area contributed by atoms with Gasteiger partial charge in [-0.25, -0.2) is 4.98 Å². The first-order valence-electron chi connectivity index (χ1n) is 6.79. The number of guanidine groups is 1. The smallest absolute Gasteiger partial charge is 0.191 e. The fourth-order valence-electron chi connectivity index (χ4n) is 1.99. The maximum atomic E-state index is 5.96. The molecule has 1 saturated heterocycles. The van der Waals surface area contributed by atoms with E-state index in [1.807, 2.05) is 6.92 Å². The van der Waals surface area contributed by atoms with Gasteiger partial charge in [-0.05, 0) is 26.2 Å². The van der Waals surface area contributed by atoms with E-state index in [4.69, 9.17) is 10.5 Å². The van der Waals surface area contributed by atoms with Crippen LogP contribution in [-0.4, -0.2) is 48.7 Å². The topological polar surface area (TPSA) is 63.7 Å². The van der Waals surface area contributed by atoms with Crippen molar-refractivity contribution in [2.75, 3.05) is 32.8 Å². The summed E-state index contributed by atoms with van der Waals surface area (Å²) in [5.74, 6) is 0.661. The number of halogens is 1. The standard InChI is InChI=1S/C13H22N4OS.HI/c1-11-10-19-12(16-11)4-2-3-5-15-13(14)17-6-8-18-9-7-17;/h10H,2-9H2,1H3,(H2,14,15);1H. The Morgan fingerprint density at radius 3 is 2.85 bits per heavy atom. The van der Waals surface area contributed by atoms with Crippen LogP contribution in [0.3, 0.4) is 0 Å². The predicted octanol–water partition coefficient (Wildman–Crippen LogP) is 2.04. The molecule has 20 heavy (non-hydrogen) atoms. The van der Waals surface area contributed by atoms with Crippen molar-refractivity contribution in [3.8, 4) is 0 Å². The summed E-state index contributed by atoms with van der Waals surface area (Å²) in [7, 11) is 0. The Hall–Kier alpha value is -0.410. The van der Waals surface area contributed by atoms with E-state index in [0.717, 1.165) is 57.8 Å². The summed E-state index contributed by atoms with van der Waals surface area (Å²) in [5, 5.41) is 3.33. The first-order chi connectivity index (χ1) is 9.25. The summed E-state index contributed by atoms with van der Waals surface area (Å²) in [6.45, 7) is 6.04. The second-order valence-electron chi connectivity index (χ2n) is 4.68. The molecule has 2 rings (SSSR count). The van der Waals surface area contributed by atoms with Crippen molar-refractivity contribution in [3.63, 3.8) is 0 Å². The summed E-state index contributed by atoms with van der Waals surface area (Å²) in [6.07, 6.45) is 3.22. The Morgan fingerprint density at radius 1 is 1.45 bits per heavy atom. The Labute approximate surface area is 141 Å². The number of aromatic nitrogens is 1. The summed E-state index contributed by atoms with van der Waals surface area (Å²) in [4.78, 5) is 11.0. The van der Waals surface area contributed by atoms with Crippen molar-refractivity contribution in [1.29, 1.82) is 0 Å². The van der Waals surface area contributed by atoms with Crippen molar-refractivity contribution >= 4 is 41.3 Å². The average Bonchev–Trinajstić information content (AvgIpc) is 2.85. The van der Waals surface area contributed by atoms with Crippen molar-refractivity contribution in [1.82, 2.24) is 9.88 Å². The minimum atomic E-state index is 0. The lowest BCUT2D eigenvalue weighted by Gasteiger charge is -2.27. The molecule has 0 unspecified atom stereocenters. The predicted molar refractivity (Wildman–Crippen MR) is 94.1 cm³/mol. The van der Waals surface area contributed by atoms with E-state index < -0.39 is 0 Å². The van der Waals surface area contributed by atoms with Crippen LogP contribution in [0.25, 0.3) is 0 Å². The molecule has 0 saturated carbocycles. The number of unbranched alkanes of at least 4 members (excludes halogenated alkanes) is 1. The van der Waals surface area contributed by atoms with Gasteiger partial charge in [-0.3, -0.25) is 4.99 Å². The molecule has 0 aromatic carbocycles. The molecule has 1 aromatic rings. The van der Waals surface area contributed by atoms with E-state index in [1.54, 1.807) is 11.3 Å². The number of nitrogens with two attached hydrogens (primary N) is 1. The Morgan fingerprint density at radius 2 is 2.20 bits per heavy atom. The van der Waals surface area contributed by atoms with Crippen LogP contribution >= 0.6 is 35.3 Å². The van der Waals surface area contributed by atoms with Gasteiger partial charge in [0.05, 0.1) is 18.2 Å². The van der Waals surface area contributed by atoms with Crippen molar-refractivity contribution in [3.05, 3.63) is 16.1 Å². The fraction of sp³-hybridized carbons (Fsp3) is 0.692. The molecular weight excluding hydrogens is 387 g/mol. The van der Waals surface area contributed by atoms with Crippen molar-refractivity contribution in [2.45, 2.75) is 26.2 Å². The molecule has 1 fully saturated rings. The number of rotatable bonds is 5. The van der Waals surface area contributed by atoms with Gasteiger partial charge in [-0.2, -0.15) is 0 Å². The minimum absolute atomic E-state index is 0. The van der Waals surface area contributed by atoms with Crippen molar-refractivity contribution in [2.24, 2.45) is 10.7 Å². The first-order valence-corrected chi connectivity index (χ1v) is 7.67. The van der Waals surface area contributed by atoms with E-state index in [2.05, 4.69) is 20.3 Å². The number of aryl methyl sites for hydroxylation is 2. The average molecular weight is 410 g/mol. The van der Waals surface area contributed by atoms with E-state index in [-0.39, 0.29) is 24.0 Å². The molecule has 2 N–H and O–H groups in total. The summed E-state index contributed by atoms with van der Waals surface area (Å²) < 4.78 is 5.29. The maximum Gasteiger partial charge on any atom is 0.191 e. The maximum absolute atomic E-state index is 5.96. The third-order valence-corrected chi connectivity index (χ3v) is 4.10. The molecular formula is C13H23IN4OS. The molecule has 7 heteroatoms. The zero-order valence-corrected chi connectivity index (χ0v) is 15.0. The normalized spacial score (nSPS) is 16.1. The number of nitrogens with zero attached hydrogens (tertiary/aromatic N) is 3. The molecule has 0 radical (unpaired) electrons. The molecule has 0 spiro atoms. The molecule has 114 valence electrons. The van der Waals surface area contributed by atoms with Gasteiger partial charge in [0.1, 0.15) is 0 Å². The van der Waals surface area contributed by atoms with Gasteiger partial charge in [0.2, 0.25) is 0 Å². The van der Waals surface area contributed by atoms with Crippen LogP contribution in [0.1, 0.15) is 23.5 Å². The van der Waals surface area contributed by atoms with E-state index in [9.17, 15) is 0 Å². The lowest BCUT2D eigenvalue weighted by atomic mass is 10.2. The number of morpholine rings is 1. The van der Waals surface area contributed by atoms with E-state index in [0.29, 0.717) is 5.96 Å². The highest BCUT2D eigenvalue weighted by atomic mass is 127. The quantitative estimate of drug-likeness (QED) is 0.349. The lowest BCUT2D eigenvalue weighted by molar-refractivity contribution is 0.0674. The highest BCUT2D eigenvalue weighted by Gasteiger charge is 2.11. The van der Waals surface area contributed by atoms with Crippen LogP contribution < -0.4 is 5.73 Å². The largest absolute Gasteiger partial charge is 0.378 e. The molecule has 1 aliphatic rings. The molecule has 2 heterocycles. The van der Waals surface area contributed by atoms with Crippen LogP contribution in [-0.2, 0) is 11.2 Å². The SMILES string of the molecule is Cc1csc(CCCCN=C(N)N2CCOCC2)n1.I. The fourth-order valence-corrected chi connectivity index (χ4v) is 2.81. The molecule has 0 amide bonds. The monoisotopic (exact) mass is 410 g/mol. The Kier molecular flexibility index (Phi) is 8.39. The summed E-state index contributed by atoms with van der Waals surface area (Å²) in [6, 6.07) is 0. The van der Waals surface area contributed by atoms with Crippen LogP contribution in [0, 0.1) is 6.92 Å². The van der Waals surface area contributed by atoms with E-state index >= 15 is 0 Å². The minimum Gasteiger partial charge on any atom is -0.378 e. The second-order valence-corrected chi connectivity index (χ2v) is 5.62. The summed E-state index contributed by atoms with van der Waals surface area (Å²) in [5.41, 5.74) is 7.08. The van der Waals surface area contributed by atoms with Crippen molar-refractivity contribution < 1.29 is 4.74 Å². The van der Waals surface area contributed by atoms with Crippen LogP contribution in [0.2, 0.25) is 0 Å². The highest BCUT2D eigenvalue weighted by molar-refractivity contribution is 14.0. The molecule has 1 aliphatic heterocycles. The third-order valence-electron chi connectivity index (χ3n) is 3.07. The summed E-state index contributed by atoms with van der Waals surface area (Å²) >= 11 is 1.74. The van der Waals surface area contributed by atoms with Crippen LogP contribution in [0.5, 0.6) is 0 Å². The second kappa shape index (κ2) is 9.51. The number of hydrogen-bond donors (Lipinski definition) is 1. The number of thiazole rings is 1. The van der Waals surface area contributed by atoms with E-state index in [1.165, 1.54) is 5.01 Å². The first kappa shape index (κ1) is 17.6. The molecule has 0 bridgehead atoms. The van der Waals surface area contributed by atoms with Gasteiger partial charge in [0, 0.05) is 30.7 Å². The molecule has 1 aromatic heterocycles. The number of hydrogen-bond acceptors (Lipinski definition) is 4. The molecule has 0 aliphatic carbocycles.